The highest BCUT2D eigenvalue weighted by Crippen LogP contribution is 2.15. The summed E-state index contributed by atoms with van der Waals surface area (Å²) in [4.78, 5) is 23.9. The van der Waals surface area contributed by atoms with Crippen molar-refractivity contribution in [3.63, 3.8) is 0 Å². The fourth-order valence-corrected chi connectivity index (χ4v) is 2.66. The third kappa shape index (κ3) is 6.88. The van der Waals surface area contributed by atoms with Crippen LogP contribution >= 0.6 is 0 Å². The quantitative estimate of drug-likeness (QED) is 0.343. The molecule has 0 spiro atoms. The molecule has 0 aliphatic carbocycles. The fourth-order valence-electron chi connectivity index (χ4n) is 2.66. The molecule has 0 heterocycles. The Kier molecular flexibility index (Phi) is 7.76. The minimum atomic E-state index is -0.177. The van der Waals surface area contributed by atoms with Gasteiger partial charge in [0.25, 0.3) is 0 Å². The number of hydrogen-bond acceptors (Lipinski definition) is 4. The lowest BCUT2D eigenvalue weighted by molar-refractivity contribution is -0.116. The number of benzene rings is 2. The van der Waals surface area contributed by atoms with Gasteiger partial charge < -0.3 is 10.2 Å². The molecule has 0 radical (unpaired) electrons. The number of aliphatic hydroxyl groups is 2. The highest BCUT2D eigenvalue weighted by Gasteiger charge is 2.06. The van der Waals surface area contributed by atoms with Crippen molar-refractivity contribution in [2.75, 3.05) is 0 Å². The Morgan fingerprint density at radius 1 is 0.679 bits per heavy atom. The molecule has 0 unspecified atom stereocenters. The lowest BCUT2D eigenvalue weighted by Gasteiger charge is -2.02. The van der Waals surface area contributed by atoms with Crippen LogP contribution in [0.2, 0.25) is 0 Å². The first-order chi connectivity index (χ1) is 13.3. The highest BCUT2D eigenvalue weighted by atomic mass is 16.3. The second kappa shape index (κ2) is 10.3. The van der Waals surface area contributed by atoms with Crippen LogP contribution in [0.15, 0.2) is 60.7 Å². The van der Waals surface area contributed by atoms with Crippen LogP contribution in [0.5, 0.6) is 0 Å². The van der Waals surface area contributed by atoms with E-state index in [0.29, 0.717) is 24.0 Å². The summed E-state index contributed by atoms with van der Waals surface area (Å²) in [7, 11) is 0. The van der Waals surface area contributed by atoms with Gasteiger partial charge in [0, 0.05) is 36.1 Å². The fraction of sp³-hybridized carbons (Fsp3) is 0.250. The molecule has 146 valence electrons. The summed E-state index contributed by atoms with van der Waals surface area (Å²) in [5.74, 6) is -0.453. The van der Waals surface area contributed by atoms with E-state index in [2.05, 4.69) is 0 Å². The van der Waals surface area contributed by atoms with Crippen molar-refractivity contribution < 1.29 is 19.8 Å². The van der Waals surface area contributed by atoms with Crippen molar-refractivity contribution >= 4 is 23.1 Å². The van der Waals surface area contributed by atoms with E-state index >= 15 is 0 Å². The van der Waals surface area contributed by atoms with Crippen LogP contribution in [0.1, 0.15) is 47.9 Å². The van der Waals surface area contributed by atoms with E-state index in [0.717, 1.165) is 11.1 Å². The maximum atomic E-state index is 12.0. The van der Waals surface area contributed by atoms with Crippen LogP contribution < -0.4 is 0 Å². The second-order valence-electron chi connectivity index (χ2n) is 6.93. The monoisotopic (exact) mass is 378 g/mol. The van der Waals surface area contributed by atoms with Gasteiger partial charge in [-0.1, -0.05) is 59.7 Å². The Bertz CT molecular complexity index is 796. The van der Waals surface area contributed by atoms with Gasteiger partial charge in [-0.2, -0.15) is 0 Å². The zero-order valence-corrected chi connectivity index (χ0v) is 16.3. The summed E-state index contributed by atoms with van der Waals surface area (Å²) >= 11 is 0. The standard InChI is InChI=1S/C24H26O4/c1-17-7-11-19(12-8-17)23(27)15-21(25)5-3-4-6-22(26)16-24(28)20-13-9-18(2)10-14-20/h7-16,27-28H,3-6H2,1-2H3/b23-15-,24-16-. The lowest BCUT2D eigenvalue weighted by atomic mass is 10.1. The molecule has 2 N–H and O–H groups in total. The van der Waals surface area contributed by atoms with Crippen molar-refractivity contribution in [1.82, 2.24) is 0 Å². The molecule has 0 aromatic heterocycles. The van der Waals surface area contributed by atoms with E-state index in [-0.39, 0.29) is 35.9 Å². The van der Waals surface area contributed by atoms with Gasteiger partial charge in [0.2, 0.25) is 0 Å². The number of rotatable bonds is 9. The minimum absolute atomic E-state index is 0.0490. The van der Waals surface area contributed by atoms with Gasteiger partial charge in [0.1, 0.15) is 11.5 Å². The molecule has 0 bridgehead atoms. The van der Waals surface area contributed by atoms with Crippen LogP contribution in [-0.4, -0.2) is 21.8 Å². The summed E-state index contributed by atoms with van der Waals surface area (Å²) in [6.07, 6.45) is 4.07. The molecule has 2 aromatic carbocycles. The number of carbonyl (C=O) groups excluding carboxylic acids is 2. The predicted molar refractivity (Wildman–Crippen MR) is 112 cm³/mol. The number of allylic oxidation sites excluding steroid dienone is 2. The van der Waals surface area contributed by atoms with Crippen LogP contribution in [0.4, 0.5) is 0 Å². The Morgan fingerprint density at radius 3 is 1.32 bits per heavy atom. The smallest absolute Gasteiger partial charge is 0.159 e. The van der Waals surface area contributed by atoms with Crippen molar-refractivity contribution in [1.29, 1.82) is 0 Å². The SMILES string of the molecule is Cc1ccc(/C(O)=C/C(=O)CCCCC(=O)/C=C(\O)c2ccc(C)cc2)cc1. The van der Waals surface area contributed by atoms with Gasteiger partial charge in [0.15, 0.2) is 11.6 Å². The molecule has 0 amide bonds. The molecule has 0 saturated heterocycles. The number of unbranched alkanes of at least 4 members (excludes halogenated alkanes) is 1. The number of carbonyl (C=O) groups is 2. The first kappa shape index (κ1) is 21.2. The first-order valence-electron chi connectivity index (χ1n) is 9.36. The molecule has 2 rings (SSSR count). The molecular formula is C24H26O4. The molecule has 0 fully saturated rings. The van der Waals surface area contributed by atoms with Crippen LogP contribution in [0.25, 0.3) is 11.5 Å². The zero-order valence-electron chi connectivity index (χ0n) is 16.3. The van der Waals surface area contributed by atoms with Crippen LogP contribution in [0.3, 0.4) is 0 Å². The van der Waals surface area contributed by atoms with Crippen LogP contribution in [0, 0.1) is 13.8 Å². The third-order valence-corrected chi connectivity index (χ3v) is 4.39. The van der Waals surface area contributed by atoms with E-state index in [1.165, 1.54) is 12.2 Å². The zero-order chi connectivity index (χ0) is 20.5. The van der Waals surface area contributed by atoms with E-state index < -0.39 is 0 Å². The molecule has 0 aliphatic rings. The van der Waals surface area contributed by atoms with E-state index in [4.69, 9.17) is 0 Å². The normalized spacial score (nSPS) is 12.1. The van der Waals surface area contributed by atoms with E-state index in [9.17, 15) is 19.8 Å². The first-order valence-corrected chi connectivity index (χ1v) is 9.36. The second-order valence-corrected chi connectivity index (χ2v) is 6.93. The molecule has 28 heavy (non-hydrogen) atoms. The highest BCUT2D eigenvalue weighted by molar-refractivity contribution is 5.96. The van der Waals surface area contributed by atoms with Crippen molar-refractivity contribution in [3.05, 3.63) is 82.9 Å². The Balaban J connectivity index is 1.76. The van der Waals surface area contributed by atoms with Gasteiger partial charge >= 0.3 is 0 Å². The molecule has 0 aliphatic heterocycles. The maximum Gasteiger partial charge on any atom is 0.159 e. The van der Waals surface area contributed by atoms with E-state index in [1.54, 1.807) is 24.3 Å². The largest absolute Gasteiger partial charge is 0.507 e. The maximum absolute atomic E-state index is 12.0. The predicted octanol–water partition coefficient (Wildman–Crippen LogP) is 5.50. The van der Waals surface area contributed by atoms with Gasteiger partial charge in [0.05, 0.1) is 0 Å². The minimum Gasteiger partial charge on any atom is -0.507 e. The van der Waals surface area contributed by atoms with Gasteiger partial charge in [-0.15, -0.1) is 0 Å². The van der Waals surface area contributed by atoms with Crippen molar-refractivity contribution in [2.24, 2.45) is 0 Å². The summed E-state index contributed by atoms with van der Waals surface area (Å²) in [5, 5.41) is 20.0. The average molecular weight is 378 g/mol. The number of hydrogen-bond donors (Lipinski definition) is 2. The third-order valence-electron chi connectivity index (χ3n) is 4.39. The summed E-state index contributed by atoms with van der Waals surface area (Å²) < 4.78 is 0. The summed E-state index contributed by atoms with van der Waals surface area (Å²) in [5.41, 5.74) is 3.36. The number of ketones is 2. The number of aryl methyl sites for hydroxylation is 2. The van der Waals surface area contributed by atoms with Crippen LogP contribution in [-0.2, 0) is 9.59 Å². The topological polar surface area (TPSA) is 74.6 Å². The van der Waals surface area contributed by atoms with Gasteiger partial charge in [-0.05, 0) is 26.7 Å². The van der Waals surface area contributed by atoms with Crippen molar-refractivity contribution in [3.8, 4) is 0 Å². The Labute approximate surface area is 165 Å². The molecule has 4 heteroatoms. The van der Waals surface area contributed by atoms with E-state index in [1.807, 2.05) is 38.1 Å². The molecule has 4 nitrogen and oxygen atoms in total. The molecule has 0 atom stereocenters. The van der Waals surface area contributed by atoms with Gasteiger partial charge in [-0.3, -0.25) is 9.59 Å². The molecule has 0 saturated carbocycles. The van der Waals surface area contributed by atoms with Crippen molar-refractivity contribution in [2.45, 2.75) is 39.5 Å². The molecular weight excluding hydrogens is 352 g/mol. The van der Waals surface area contributed by atoms with Gasteiger partial charge in [-0.25, -0.2) is 0 Å². The number of aliphatic hydroxyl groups excluding tert-OH is 2. The Morgan fingerprint density at radius 2 is 1.00 bits per heavy atom. The molecule has 2 aromatic rings. The lowest BCUT2D eigenvalue weighted by Crippen LogP contribution is -1.98. The average Bonchev–Trinajstić information content (AvgIpc) is 2.66. The summed E-state index contributed by atoms with van der Waals surface area (Å²) in [6, 6.07) is 14.5. The summed E-state index contributed by atoms with van der Waals surface area (Å²) in [6.45, 7) is 3.90. The Hall–Kier alpha value is -3.14.